The van der Waals surface area contributed by atoms with Gasteiger partial charge in [0.25, 0.3) is 5.69 Å². The van der Waals surface area contributed by atoms with Gasteiger partial charge in [-0.15, -0.1) is 0 Å². The van der Waals surface area contributed by atoms with Crippen molar-refractivity contribution in [1.29, 1.82) is 0 Å². The maximum atomic E-state index is 12.0. The zero-order valence-corrected chi connectivity index (χ0v) is 12.5. The first-order chi connectivity index (χ1) is 10.6. The van der Waals surface area contributed by atoms with E-state index in [0.717, 1.165) is 38.0 Å². The molecule has 0 spiro atoms. The van der Waals surface area contributed by atoms with E-state index in [1.54, 1.807) is 12.1 Å². The average Bonchev–Trinajstić information content (AvgIpc) is 2.52. The van der Waals surface area contributed by atoms with Gasteiger partial charge >= 0.3 is 0 Å². The largest absolute Gasteiger partial charge is 0.385 e. The molecule has 1 amide bonds. The molecule has 0 unspecified atom stereocenters. The predicted octanol–water partition coefficient (Wildman–Crippen LogP) is 1.74. The summed E-state index contributed by atoms with van der Waals surface area (Å²) >= 11 is 0. The summed E-state index contributed by atoms with van der Waals surface area (Å²) in [7, 11) is 0. The molecule has 3 N–H and O–H groups in total. The molecule has 1 heterocycles. The fraction of sp³-hybridized carbons (Fsp3) is 0.533. The summed E-state index contributed by atoms with van der Waals surface area (Å²) in [4.78, 5) is 24.0. The molecule has 0 saturated carbocycles. The Hall–Kier alpha value is -2.15. The Morgan fingerprint density at radius 1 is 1.32 bits per heavy atom. The minimum absolute atomic E-state index is 0.0732. The number of nitrogens with zero attached hydrogens (tertiary/aromatic N) is 2. The van der Waals surface area contributed by atoms with Crippen LogP contribution in [-0.4, -0.2) is 41.4 Å². The molecule has 0 atom stereocenters. The van der Waals surface area contributed by atoms with E-state index in [9.17, 15) is 14.9 Å². The van der Waals surface area contributed by atoms with Crippen LogP contribution >= 0.6 is 0 Å². The molecule has 0 radical (unpaired) electrons. The van der Waals surface area contributed by atoms with Gasteiger partial charge < -0.3 is 16.0 Å². The minimum Gasteiger partial charge on any atom is -0.385 e. The second-order valence-electron chi connectivity index (χ2n) is 5.55. The number of non-ortho nitro benzene ring substituents is 1. The molecule has 22 heavy (non-hydrogen) atoms. The van der Waals surface area contributed by atoms with Gasteiger partial charge in [0.15, 0.2) is 0 Å². The summed E-state index contributed by atoms with van der Waals surface area (Å²) in [5.74, 6) is 0.178. The van der Waals surface area contributed by atoms with Crippen LogP contribution in [0.15, 0.2) is 24.3 Å². The van der Waals surface area contributed by atoms with Gasteiger partial charge in [-0.25, -0.2) is 0 Å². The predicted molar refractivity (Wildman–Crippen MR) is 84.6 cm³/mol. The molecule has 1 aromatic carbocycles. The first kappa shape index (κ1) is 16.2. The molecular formula is C15H22N4O3. The highest BCUT2D eigenvalue weighted by molar-refractivity contribution is 5.76. The quantitative estimate of drug-likeness (QED) is 0.473. The minimum atomic E-state index is -0.424. The molecule has 1 fully saturated rings. The van der Waals surface area contributed by atoms with E-state index >= 15 is 0 Å². The summed E-state index contributed by atoms with van der Waals surface area (Å²) in [6.07, 6.45) is 3.01. The molecule has 120 valence electrons. The summed E-state index contributed by atoms with van der Waals surface area (Å²) < 4.78 is 0. The first-order valence-corrected chi connectivity index (χ1v) is 7.58. The van der Waals surface area contributed by atoms with Crippen molar-refractivity contribution in [3.63, 3.8) is 0 Å². The van der Waals surface area contributed by atoms with Gasteiger partial charge in [0, 0.05) is 49.9 Å². The number of nitrogens with one attached hydrogen (secondary N) is 1. The number of nitro benzene ring substituents is 1. The molecule has 7 nitrogen and oxygen atoms in total. The van der Waals surface area contributed by atoms with Crippen LogP contribution in [-0.2, 0) is 4.79 Å². The Morgan fingerprint density at radius 2 is 1.95 bits per heavy atom. The van der Waals surface area contributed by atoms with Crippen molar-refractivity contribution < 1.29 is 9.72 Å². The van der Waals surface area contributed by atoms with Crippen molar-refractivity contribution in [1.82, 2.24) is 4.90 Å². The Labute approximate surface area is 129 Å². The number of nitro groups is 1. The number of hydrogen-bond donors (Lipinski definition) is 2. The van der Waals surface area contributed by atoms with Gasteiger partial charge in [0.05, 0.1) is 4.92 Å². The number of carbonyl (C=O) groups is 1. The number of hydrogen-bond acceptors (Lipinski definition) is 5. The number of carbonyl (C=O) groups excluding carboxylic acids is 1. The van der Waals surface area contributed by atoms with Gasteiger partial charge in [-0.3, -0.25) is 14.9 Å². The van der Waals surface area contributed by atoms with Crippen LogP contribution in [0.2, 0.25) is 0 Å². The zero-order chi connectivity index (χ0) is 15.9. The van der Waals surface area contributed by atoms with Gasteiger partial charge in [0.1, 0.15) is 0 Å². The standard InChI is InChI=1S/C15H22N4O3/c16-12-7-10-18(11-8-12)15(20)2-1-9-17-13-3-5-14(6-4-13)19(21)22/h3-6,12,17H,1-2,7-11,16H2. The molecule has 0 bridgehead atoms. The fourth-order valence-electron chi connectivity index (χ4n) is 2.48. The van der Waals surface area contributed by atoms with E-state index < -0.39 is 4.92 Å². The maximum absolute atomic E-state index is 12.0. The van der Waals surface area contributed by atoms with E-state index in [1.807, 2.05) is 4.90 Å². The normalized spacial score (nSPS) is 15.6. The van der Waals surface area contributed by atoms with Crippen molar-refractivity contribution in [2.45, 2.75) is 31.7 Å². The Morgan fingerprint density at radius 3 is 2.55 bits per heavy atom. The molecule has 7 heteroatoms. The number of anilines is 1. The van der Waals surface area contributed by atoms with Crippen molar-refractivity contribution in [3.05, 3.63) is 34.4 Å². The fourth-order valence-corrected chi connectivity index (χ4v) is 2.48. The van der Waals surface area contributed by atoms with Crippen LogP contribution < -0.4 is 11.1 Å². The lowest BCUT2D eigenvalue weighted by Gasteiger charge is -2.30. The third kappa shape index (κ3) is 4.70. The average molecular weight is 306 g/mol. The smallest absolute Gasteiger partial charge is 0.269 e. The molecule has 0 aliphatic carbocycles. The Kier molecular flexibility index (Phi) is 5.71. The Balaban J connectivity index is 1.66. The summed E-state index contributed by atoms with van der Waals surface area (Å²) in [5, 5.41) is 13.7. The summed E-state index contributed by atoms with van der Waals surface area (Å²) in [6.45, 7) is 2.18. The second kappa shape index (κ2) is 7.74. The number of piperidine rings is 1. The number of nitrogens with two attached hydrogens (primary N) is 1. The lowest BCUT2D eigenvalue weighted by Crippen LogP contribution is -2.42. The van der Waals surface area contributed by atoms with Crippen molar-refractivity contribution in [2.24, 2.45) is 5.73 Å². The zero-order valence-electron chi connectivity index (χ0n) is 12.5. The molecule has 2 rings (SSSR count). The van der Waals surface area contributed by atoms with Crippen molar-refractivity contribution in [3.8, 4) is 0 Å². The van der Waals surface area contributed by atoms with E-state index in [4.69, 9.17) is 5.73 Å². The molecule has 1 aliphatic heterocycles. The summed E-state index contributed by atoms with van der Waals surface area (Å²) in [5.41, 5.74) is 6.72. The molecule has 1 aromatic rings. The highest BCUT2D eigenvalue weighted by Gasteiger charge is 2.19. The number of likely N-dealkylation sites (tertiary alicyclic amines) is 1. The van der Waals surface area contributed by atoms with Crippen molar-refractivity contribution >= 4 is 17.3 Å². The third-order valence-electron chi connectivity index (χ3n) is 3.87. The topological polar surface area (TPSA) is 102 Å². The third-order valence-corrected chi connectivity index (χ3v) is 3.87. The van der Waals surface area contributed by atoms with Crippen LogP contribution in [0.3, 0.4) is 0 Å². The van der Waals surface area contributed by atoms with Crippen LogP contribution in [0.1, 0.15) is 25.7 Å². The highest BCUT2D eigenvalue weighted by atomic mass is 16.6. The molecular weight excluding hydrogens is 284 g/mol. The lowest BCUT2D eigenvalue weighted by molar-refractivity contribution is -0.384. The molecule has 1 saturated heterocycles. The van der Waals surface area contributed by atoms with E-state index in [1.165, 1.54) is 12.1 Å². The van der Waals surface area contributed by atoms with Crippen LogP contribution in [0.4, 0.5) is 11.4 Å². The van der Waals surface area contributed by atoms with Crippen LogP contribution in [0.5, 0.6) is 0 Å². The number of benzene rings is 1. The molecule has 1 aliphatic rings. The van der Waals surface area contributed by atoms with Gasteiger partial charge in [-0.1, -0.05) is 0 Å². The lowest BCUT2D eigenvalue weighted by atomic mass is 10.1. The van der Waals surface area contributed by atoms with Crippen LogP contribution in [0, 0.1) is 10.1 Å². The summed E-state index contributed by atoms with van der Waals surface area (Å²) in [6, 6.07) is 6.50. The van der Waals surface area contributed by atoms with Gasteiger partial charge in [0.2, 0.25) is 5.91 Å². The van der Waals surface area contributed by atoms with E-state index in [2.05, 4.69) is 5.32 Å². The molecule has 0 aromatic heterocycles. The van der Waals surface area contributed by atoms with Gasteiger partial charge in [-0.2, -0.15) is 0 Å². The second-order valence-corrected chi connectivity index (χ2v) is 5.55. The van der Waals surface area contributed by atoms with E-state index in [0.29, 0.717) is 13.0 Å². The Bertz CT molecular complexity index is 510. The monoisotopic (exact) mass is 306 g/mol. The maximum Gasteiger partial charge on any atom is 0.269 e. The number of amides is 1. The highest BCUT2D eigenvalue weighted by Crippen LogP contribution is 2.15. The van der Waals surface area contributed by atoms with Gasteiger partial charge in [-0.05, 0) is 31.4 Å². The SMILES string of the molecule is NC1CCN(C(=O)CCCNc2ccc([N+](=O)[O-])cc2)CC1. The number of rotatable bonds is 6. The first-order valence-electron chi connectivity index (χ1n) is 7.58. The van der Waals surface area contributed by atoms with E-state index in [-0.39, 0.29) is 17.6 Å². The van der Waals surface area contributed by atoms with Crippen molar-refractivity contribution in [2.75, 3.05) is 25.0 Å². The van der Waals surface area contributed by atoms with Crippen LogP contribution in [0.25, 0.3) is 0 Å².